The first-order valence-electron chi connectivity index (χ1n) is 20.0. The normalized spacial score (nSPS) is 11.5. The number of nitro groups is 1. The van der Waals surface area contributed by atoms with E-state index in [4.69, 9.17) is 18.9 Å². The fourth-order valence-electron chi connectivity index (χ4n) is 6.90. The average molecular weight is 702 g/mol. The van der Waals surface area contributed by atoms with E-state index in [0.29, 0.717) is 60.4 Å². The van der Waals surface area contributed by atoms with Crippen molar-refractivity contribution < 1.29 is 23.9 Å². The SMILES string of the molecule is CCCCCCOc1cc2c(cc1OCCCCCC)c1cc(C)c(C)c([N+](=O)[O-])c1c1cc(OCCCCCC)c(OCCCCCC)cc21. The monoisotopic (exact) mass is 701 g/mol. The van der Waals surface area contributed by atoms with Crippen LogP contribution in [0.1, 0.15) is 142 Å². The van der Waals surface area contributed by atoms with Gasteiger partial charge in [0.25, 0.3) is 5.69 Å². The summed E-state index contributed by atoms with van der Waals surface area (Å²) in [4.78, 5) is 12.6. The molecule has 0 saturated heterocycles. The molecule has 0 unspecified atom stereocenters. The van der Waals surface area contributed by atoms with Crippen LogP contribution in [0.2, 0.25) is 0 Å². The lowest BCUT2D eigenvalue weighted by molar-refractivity contribution is -0.383. The van der Waals surface area contributed by atoms with Crippen LogP contribution in [0.25, 0.3) is 32.3 Å². The second-order valence-electron chi connectivity index (χ2n) is 14.2. The van der Waals surface area contributed by atoms with E-state index in [-0.39, 0.29) is 10.6 Å². The summed E-state index contributed by atoms with van der Waals surface area (Å²) < 4.78 is 25.9. The van der Waals surface area contributed by atoms with Crippen molar-refractivity contribution >= 4 is 38.0 Å². The van der Waals surface area contributed by atoms with Gasteiger partial charge in [0.05, 0.1) is 36.7 Å². The molecule has 51 heavy (non-hydrogen) atoms. The predicted octanol–water partition coefficient (Wildman–Crippen LogP) is 13.5. The van der Waals surface area contributed by atoms with Gasteiger partial charge in [-0.15, -0.1) is 0 Å². The van der Waals surface area contributed by atoms with Crippen molar-refractivity contribution in [1.82, 2.24) is 0 Å². The van der Waals surface area contributed by atoms with Gasteiger partial charge in [-0.3, -0.25) is 10.1 Å². The largest absolute Gasteiger partial charge is 0.490 e. The van der Waals surface area contributed by atoms with Crippen LogP contribution in [-0.2, 0) is 0 Å². The molecule has 0 bridgehead atoms. The van der Waals surface area contributed by atoms with Gasteiger partial charge >= 0.3 is 0 Å². The molecule has 4 aromatic rings. The number of hydrogen-bond donors (Lipinski definition) is 0. The summed E-state index contributed by atoms with van der Waals surface area (Å²) in [5.41, 5.74) is 1.69. The molecule has 0 aliphatic rings. The molecule has 0 aliphatic carbocycles. The minimum Gasteiger partial charge on any atom is -0.490 e. The Kier molecular flexibility index (Phi) is 16.4. The maximum Gasteiger partial charge on any atom is 0.280 e. The van der Waals surface area contributed by atoms with Crippen molar-refractivity contribution in [3.63, 3.8) is 0 Å². The number of nitrogens with zero attached hydrogens (tertiary/aromatic N) is 1. The molecule has 0 N–H and O–H groups in total. The van der Waals surface area contributed by atoms with Crippen molar-refractivity contribution in [2.24, 2.45) is 0 Å². The highest BCUT2D eigenvalue weighted by atomic mass is 16.6. The van der Waals surface area contributed by atoms with Crippen molar-refractivity contribution in [3.8, 4) is 23.0 Å². The highest BCUT2D eigenvalue weighted by Gasteiger charge is 2.25. The van der Waals surface area contributed by atoms with Crippen molar-refractivity contribution in [1.29, 1.82) is 0 Å². The van der Waals surface area contributed by atoms with Gasteiger partial charge in [0.2, 0.25) is 0 Å². The summed E-state index contributed by atoms with van der Waals surface area (Å²) in [6.07, 6.45) is 17.6. The van der Waals surface area contributed by atoms with E-state index in [1.165, 1.54) is 25.7 Å². The first-order chi connectivity index (χ1) is 24.9. The van der Waals surface area contributed by atoms with E-state index < -0.39 is 0 Å². The molecule has 4 aromatic carbocycles. The maximum absolute atomic E-state index is 12.9. The fraction of sp³-hybridized carbons (Fsp3) is 0.591. The zero-order valence-corrected chi connectivity index (χ0v) is 32.4. The molecular weight excluding hydrogens is 638 g/mol. The lowest BCUT2D eigenvalue weighted by Crippen LogP contribution is -2.05. The Morgan fingerprint density at radius 2 is 0.784 bits per heavy atom. The number of nitro benzene ring substituents is 1. The molecule has 0 aromatic heterocycles. The van der Waals surface area contributed by atoms with Crippen LogP contribution in [0.5, 0.6) is 23.0 Å². The minimum atomic E-state index is -0.224. The summed E-state index contributed by atoms with van der Waals surface area (Å²) in [6.45, 7) is 15.0. The lowest BCUT2D eigenvalue weighted by atomic mass is 9.89. The number of benzene rings is 4. The Hall–Kier alpha value is -3.74. The van der Waals surface area contributed by atoms with E-state index >= 15 is 0 Å². The van der Waals surface area contributed by atoms with E-state index in [1.54, 1.807) is 0 Å². The Morgan fingerprint density at radius 1 is 0.471 bits per heavy atom. The quantitative estimate of drug-likeness (QED) is 0.0296. The van der Waals surface area contributed by atoms with Gasteiger partial charge < -0.3 is 18.9 Å². The third kappa shape index (κ3) is 10.6. The van der Waals surface area contributed by atoms with Crippen LogP contribution in [0.15, 0.2) is 30.3 Å². The van der Waals surface area contributed by atoms with Crippen LogP contribution in [-0.4, -0.2) is 31.4 Å². The molecule has 0 atom stereocenters. The average Bonchev–Trinajstić information content (AvgIpc) is 3.12. The van der Waals surface area contributed by atoms with E-state index in [1.807, 2.05) is 26.0 Å². The third-order valence-corrected chi connectivity index (χ3v) is 10.0. The second kappa shape index (κ2) is 20.9. The van der Waals surface area contributed by atoms with E-state index in [2.05, 4.69) is 45.9 Å². The molecule has 4 rings (SSSR count). The number of unbranched alkanes of at least 4 members (excludes halogenated alkanes) is 12. The van der Waals surface area contributed by atoms with Crippen LogP contribution in [0, 0.1) is 24.0 Å². The lowest BCUT2D eigenvalue weighted by Gasteiger charge is -2.20. The first kappa shape index (κ1) is 40.0. The van der Waals surface area contributed by atoms with Gasteiger partial charge in [-0.25, -0.2) is 0 Å². The summed E-state index contributed by atoms with van der Waals surface area (Å²) in [5.74, 6) is 2.73. The van der Waals surface area contributed by atoms with Gasteiger partial charge in [-0.2, -0.15) is 0 Å². The molecule has 0 aliphatic heterocycles. The van der Waals surface area contributed by atoms with Crippen molar-refractivity contribution in [2.45, 2.75) is 144 Å². The molecule has 0 fully saturated rings. The number of hydrogen-bond acceptors (Lipinski definition) is 6. The highest BCUT2D eigenvalue weighted by Crippen LogP contribution is 2.48. The number of fused-ring (bicyclic) bond motifs is 6. The summed E-state index contributed by atoms with van der Waals surface area (Å²) in [5, 5.41) is 17.9. The van der Waals surface area contributed by atoms with Crippen LogP contribution in [0.3, 0.4) is 0 Å². The summed E-state index contributed by atoms with van der Waals surface area (Å²) in [6, 6.07) is 10.3. The molecule has 7 heteroatoms. The van der Waals surface area contributed by atoms with E-state index in [0.717, 1.165) is 110 Å². The summed E-state index contributed by atoms with van der Waals surface area (Å²) in [7, 11) is 0. The smallest absolute Gasteiger partial charge is 0.280 e. The van der Waals surface area contributed by atoms with Crippen LogP contribution < -0.4 is 18.9 Å². The molecule has 0 saturated carbocycles. The standard InChI is InChI=1S/C44H63NO6/c1-7-11-15-19-23-48-39-28-34-35(29-40(39)49-24-20-16-12-8-2)37-27-32(5)33(6)44(45(46)47)43(37)38-31-42(51-26-22-18-14-10-4)41(30-36(34)38)50-25-21-17-13-9-3/h27-31H,7-26H2,1-6H3. The second-order valence-corrected chi connectivity index (χ2v) is 14.2. The Balaban J connectivity index is 1.97. The Morgan fingerprint density at radius 3 is 1.12 bits per heavy atom. The number of rotatable bonds is 25. The highest BCUT2D eigenvalue weighted by molar-refractivity contribution is 6.28. The fourth-order valence-corrected chi connectivity index (χ4v) is 6.90. The molecule has 0 spiro atoms. The summed E-state index contributed by atoms with van der Waals surface area (Å²) >= 11 is 0. The zero-order valence-electron chi connectivity index (χ0n) is 32.4. The molecule has 0 amide bonds. The molecule has 0 radical (unpaired) electrons. The predicted molar refractivity (Wildman–Crippen MR) is 214 cm³/mol. The third-order valence-electron chi connectivity index (χ3n) is 10.0. The van der Waals surface area contributed by atoms with Gasteiger partial charge in [0.15, 0.2) is 23.0 Å². The molecule has 0 heterocycles. The van der Waals surface area contributed by atoms with Gasteiger partial charge in [-0.05, 0) is 90.9 Å². The van der Waals surface area contributed by atoms with Crippen molar-refractivity contribution in [3.05, 3.63) is 51.6 Å². The number of ether oxygens (including phenoxy) is 4. The molecular formula is C44H63NO6. The Labute approximate surface area is 306 Å². The zero-order chi connectivity index (χ0) is 36.6. The van der Waals surface area contributed by atoms with Crippen LogP contribution in [0.4, 0.5) is 5.69 Å². The van der Waals surface area contributed by atoms with Gasteiger partial charge in [0, 0.05) is 10.9 Å². The topological polar surface area (TPSA) is 80.1 Å². The van der Waals surface area contributed by atoms with Gasteiger partial charge in [0.1, 0.15) is 0 Å². The van der Waals surface area contributed by atoms with E-state index in [9.17, 15) is 10.1 Å². The Bertz CT molecular complexity index is 1710. The molecule has 7 nitrogen and oxygen atoms in total. The number of aryl methyl sites for hydroxylation is 1. The van der Waals surface area contributed by atoms with Gasteiger partial charge in [-0.1, -0.05) is 111 Å². The van der Waals surface area contributed by atoms with Crippen LogP contribution >= 0.6 is 0 Å². The molecule has 280 valence electrons. The van der Waals surface area contributed by atoms with Crippen molar-refractivity contribution in [2.75, 3.05) is 26.4 Å². The minimum absolute atomic E-state index is 0.136. The first-order valence-corrected chi connectivity index (χ1v) is 20.0. The maximum atomic E-state index is 12.9.